The van der Waals surface area contributed by atoms with E-state index in [1.54, 1.807) is 43.3 Å². The Hall–Kier alpha value is -3.38. The third kappa shape index (κ3) is 2.68. The summed E-state index contributed by atoms with van der Waals surface area (Å²) in [6.07, 6.45) is 0. The molecule has 29 heavy (non-hydrogen) atoms. The average Bonchev–Trinajstić information content (AvgIpc) is 3.24. The van der Waals surface area contributed by atoms with Crippen molar-refractivity contribution < 1.29 is 13.7 Å². The van der Waals surface area contributed by atoms with Crippen LogP contribution in [0.15, 0.2) is 62.3 Å². The molecule has 4 aromatic rings. The summed E-state index contributed by atoms with van der Waals surface area (Å²) in [4.78, 5) is 28.2. The molecule has 0 saturated heterocycles. The third-order valence-corrected chi connectivity index (χ3v) is 5.29. The van der Waals surface area contributed by atoms with Gasteiger partial charge in [0.15, 0.2) is 11.2 Å². The molecule has 1 aliphatic heterocycles. The van der Waals surface area contributed by atoms with Gasteiger partial charge in [0.25, 0.3) is 5.91 Å². The van der Waals surface area contributed by atoms with Gasteiger partial charge in [0, 0.05) is 11.1 Å². The van der Waals surface area contributed by atoms with Gasteiger partial charge in [-0.3, -0.25) is 14.5 Å². The first-order valence-corrected chi connectivity index (χ1v) is 9.41. The molecule has 0 spiro atoms. The van der Waals surface area contributed by atoms with Crippen LogP contribution < -0.4 is 10.3 Å². The Kier molecular flexibility index (Phi) is 3.86. The van der Waals surface area contributed by atoms with Crippen LogP contribution in [-0.4, -0.2) is 11.1 Å². The minimum Gasteiger partial charge on any atom is -0.450 e. The van der Waals surface area contributed by atoms with Crippen molar-refractivity contribution >= 4 is 34.3 Å². The first kappa shape index (κ1) is 17.7. The number of amides is 1. The minimum absolute atomic E-state index is 0.0111. The monoisotopic (exact) mass is 406 g/mol. The number of aromatic nitrogens is 1. The summed E-state index contributed by atoms with van der Waals surface area (Å²) < 4.78 is 11.1. The molecule has 0 aliphatic carbocycles. The standard InChI is InChI=1S/C22H15ClN2O4/c1-11-6-7-16-15(8-11)20(26)18-19(13-4-3-5-14(23)10-13)25(22(27)21(18)28-16)17-9-12(2)29-24-17/h3-10,19H,1-2H3. The molecule has 5 rings (SSSR count). The Bertz CT molecular complexity index is 1350. The van der Waals surface area contributed by atoms with Gasteiger partial charge < -0.3 is 8.94 Å². The van der Waals surface area contributed by atoms with Gasteiger partial charge in [0.2, 0.25) is 5.76 Å². The third-order valence-electron chi connectivity index (χ3n) is 5.05. The second kappa shape index (κ2) is 6.32. The number of aryl methyl sites for hydroxylation is 2. The van der Waals surface area contributed by atoms with Gasteiger partial charge in [-0.05, 0) is 43.7 Å². The molecular formula is C22H15ClN2O4. The predicted molar refractivity (Wildman–Crippen MR) is 109 cm³/mol. The van der Waals surface area contributed by atoms with Crippen LogP contribution in [0.2, 0.25) is 5.02 Å². The van der Waals surface area contributed by atoms with Gasteiger partial charge in [0.1, 0.15) is 11.3 Å². The van der Waals surface area contributed by atoms with Crippen molar-refractivity contribution in [3.63, 3.8) is 0 Å². The Morgan fingerprint density at radius 3 is 2.62 bits per heavy atom. The Balaban J connectivity index is 1.84. The molecule has 0 radical (unpaired) electrons. The first-order valence-electron chi connectivity index (χ1n) is 9.04. The smallest absolute Gasteiger partial charge is 0.296 e. The maximum atomic E-state index is 13.5. The van der Waals surface area contributed by atoms with Crippen molar-refractivity contribution in [3.8, 4) is 0 Å². The zero-order chi connectivity index (χ0) is 20.3. The van der Waals surface area contributed by atoms with Gasteiger partial charge in [-0.2, -0.15) is 0 Å². The fourth-order valence-corrected chi connectivity index (χ4v) is 3.98. The largest absolute Gasteiger partial charge is 0.450 e. The highest BCUT2D eigenvalue weighted by Crippen LogP contribution is 2.41. The molecule has 7 heteroatoms. The molecule has 2 aromatic carbocycles. The highest BCUT2D eigenvalue weighted by molar-refractivity contribution is 6.30. The molecule has 0 N–H and O–H groups in total. The molecule has 0 fully saturated rings. The number of fused-ring (bicyclic) bond motifs is 2. The van der Waals surface area contributed by atoms with Crippen LogP contribution in [0.1, 0.15) is 39.0 Å². The molecule has 3 heterocycles. The van der Waals surface area contributed by atoms with Crippen molar-refractivity contribution in [1.29, 1.82) is 0 Å². The van der Waals surface area contributed by atoms with E-state index in [4.69, 9.17) is 20.5 Å². The molecule has 6 nitrogen and oxygen atoms in total. The van der Waals surface area contributed by atoms with Crippen molar-refractivity contribution in [2.24, 2.45) is 0 Å². The van der Waals surface area contributed by atoms with Gasteiger partial charge in [-0.1, -0.05) is 40.5 Å². The van der Waals surface area contributed by atoms with E-state index < -0.39 is 11.9 Å². The summed E-state index contributed by atoms with van der Waals surface area (Å²) >= 11 is 6.20. The van der Waals surface area contributed by atoms with E-state index in [9.17, 15) is 9.59 Å². The van der Waals surface area contributed by atoms with E-state index in [-0.39, 0.29) is 16.8 Å². The summed E-state index contributed by atoms with van der Waals surface area (Å²) in [5, 5.41) is 4.93. The first-order chi connectivity index (χ1) is 13.9. The zero-order valence-electron chi connectivity index (χ0n) is 15.6. The normalized spacial score (nSPS) is 15.9. The molecule has 144 valence electrons. The van der Waals surface area contributed by atoms with Crippen LogP contribution in [0.3, 0.4) is 0 Å². The molecule has 2 aromatic heterocycles. The van der Waals surface area contributed by atoms with Crippen molar-refractivity contribution in [2.45, 2.75) is 19.9 Å². The van der Waals surface area contributed by atoms with Crippen LogP contribution in [0, 0.1) is 13.8 Å². The zero-order valence-corrected chi connectivity index (χ0v) is 16.4. The highest BCUT2D eigenvalue weighted by atomic mass is 35.5. The topological polar surface area (TPSA) is 76.6 Å². The molecular weight excluding hydrogens is 392 g/mol. The lowest BCUT2D eigenvalue weighted by Crippen LogP contribution is -2.29. The fourth-order valence-electron chi connectivity index (χ4n) is 3.78. The summed E-state index contributed by atoms with van der Waals surface area (Å²) in [6.45, 7) is 3.63. The van der Waals surface area contributed by atoms with Gasteiger partial charge >= 0.3 is 0 Å². The lowest BCUT2D eigenvalue weighted by atomic mass is 9.98. The van der Waals surface area contributed by atoms with Gasteiger partial charge in [-0.25, -0.2) is 0 Å². The number of hydrogen-bond acceptors (Lipinski definition) is 5. The number of carbonyl (C=O) groups is 1. The molecule has 1 amide bonds. The van der Waals surface area contributed by atoms with E-state index in [0.717, 1.165) is 5.56 Å². The number of anilines is 1. The summed E-state index contributed by atoms with van der Waals surface area (Å²) in [7, 11) is 0. The van der Waals surface area contributed by atoms with E-state index in [1.165, 1.54) is 4.90 Å². The Labute approximate surface area is 170 Å². The number of halogens is 1. The lowest BCUT2D eigenvalue weighted by molar-refractivity contribution is 0.0969. The number of benzene rings is 2. The van der Waals surface area contributed by atoms with Crippen LogP contribution in [0.5, 0.6) is 0 Å². The van der Waals surface area contributed by atoms with Gasteiger partial charge in [0.05, 0.1) is 17.0 Å². The van der Waals surface area contributed by atoms with Crippen LogP contribution in [0.25, 0.3) is 11.0 Å². The fraction of sp³-hybridized carbons (Fsp3) is 0.136. The summed E-state index contributed by atoms with van der Waals surface area (Å²) in [5.74, 6) is 0.423. The lowest BCUT2D eigenvalue weighted by Gasteiger charge is -2.22. The number of hydrogen-bond donors (Lipinski definition) is 0. The maximum absolute atomic E-state index is 13.5. The van der Waals surface area contributed by atoms with Gasteiger partial charge in [-0.15, -0.1) is 0 Å². The predicted octanol–water partition coefficient (Wildman–Crippen LogP) is 4.80. The van der Waals surface area contributed by atoms with E-state index >= 15 is 0 Å². The molecule has 0 bridgehead atoms. The number of rotatable bonds is 2. The van der Waals surface area contributed by atoms with Crippen molar-refractivity contribution in [2.75, 3.05) is 4.90 Å². The van der Waals surface area contributed by atoms with Crippen LogP contribution in [-0.2, 0) is 0 Å². The van der Waals surface area contributed by atoms with Crippen molar-refractivity contribution in [3.05, 3.63) is 92.0 Å². The Morgan fingerprint density at radius 2 is 1.90 bits per heavy atom. The SMILES string of the molecule is Cc1ccc2oc3c(c(=O)c2c1)C(c1cccc(Cl)c1)N(c1cc(C)on1)C3=O. The maximum Gasteiger partial charge on any atom is 0.296 e. The Morgan fingerprint density at radius 1 is 1.07 bits per heavy atom. The average molecular weight is 407 g/mol. The van der Waals surface area contributed by atoms with Crippen LogP contribution >= 0.6 is 11.6 Å². The van der Waals surface area contributed by atoms with E-state index in [1.807, 2.05) is 19.1 Å². The van der Waals surface area contributed by atoms with Crippen molar-refractivity contribution in [1.82, 2.24) is 5.16 Å². The highest BCUT2D eigenvalue weighted by Gasteiger charge is 2.44. The second-order valence-corrected chi connectivity index (χ2v) is 7.54. The molecule has 1 atom stereocenters. The summed E-state index contributed by atoms with van der Waals surface area (Å²) in [6, 6.07) is 13.3. The number of carbonyl (C=O) groups excluding carboxylic acids is 1. The number of nitrogens with zero attached hydrogens (tertiary/aromatic N) is 2. The van der Waals surface area contributed by atoms with E-state index in [0.29, 0.717) is 33.1 Å². The summed E-state index contributed by atoms with van der Waals surface area (Å²) in [5.41, 5.74) is 2.01. The quantitative estimate of drug-likeness (QED) is 0.478. The molecule has 0 saturated carbocycles. The molecule has 1 aliphatic rings. The second-order valence-electron chi connectivity index (χ2n) is 7.10. The minimum atomic E-state index is -0.720. The van der Waals surface area contributed by atoms with Crippen LogP contribution in [0.4, 0.5) is 5.82 Å². The van der Waals surface area contributed by atoms with E-state index in [2.05, 4.69) is 5.16 Å². The molecule has 1 unspecified atom stereocenters.